The van der Waals surface area contributed by atoms with Crippen molar-refractivity contribution in [3.63, 3.8) is 0 Å². The van der Waals surface area contributed by atoms with Crippen molar-refractivity contribution in [1.82, 2.24) is 0 Å². The molecule has 3 heteroatoms. The molecule has 1 rings (SSSR count). The van der Waals surface area contributed by atoms with Gasteiger partial charge in [-0.1, -0.05) is 30.4 Å². The lowest BCUT2D eigenvalue weighted by molar-refractivity contribution is 0.482. The molecule has 1 aromatic carbocycles. The first kappa shape index (κ1) is 8.74. The highest BCUT2D eigenvalue weighted by Gasteiger charge is 1.85. The summed E-state index contributed by atoms with van der Waals surface area (Å²) in [6, 6.07) is 9.41. The summed E-state index contributed by atoms with van der Waals surface area (Å²) in [6.45, 7) is 0. The van der Waals surface area contributed by atoms with E-state index in [1.807, 2.05) is 30.3 Å². The van der Waals surface area contributed by atoms with Crippen LogP contribution in [0.4, 0.5) is 0 Å². The van der Waals surface area contributed by atoms with Crippen LogP contribution in [0, 0.1) is 0 Å². The largest absolute Gasteiger partial charge is 0.465 e. The van der Waals surface area contributed by atoms with E-state index in [0.717, 1.165) is 5.75 Å². The SMILES string of the molecule is NC(=S)C=COc1ccccc1. The number of thiocarbonyl (C=S) groups is 1. The average molecular weight is 179 g/mol. The lowest BCUT2D eigenvalue weighted by atomic mass is 10.3. The van der Waals surface area contributed by atoms with Crippen molar-refractivity contribution in [2.24, 2.45) is 5.73 Å². The van der Waals surface area contributed by atoms with Crippen LogP contribution in [0.5, 0.6) is 5.75 Å². The van der Waals surface area contributed by atoms with E-state index in [0.29, 0.717) is 4.99 Å². The minimum Gasteiger partial charge on any atom is -0.465 e. The molecule has 1 aromatic rings. The van der Waals surface area contributed by atoms with E-state index < -0.39 is 0 Å². The van der Waals surface area contributed by atoms with Gasteiger partial charge in [0.05, 0.1) is 11.3 Å². The molecule has 0 aliphatic carbocycles. The first-order chi connectivity index (χ1) is 5.79. The number of para-hydroxylation sites is 1. The number of hydrogen-bond donors (Lipinski definition) is 1. The molecule has 0 saturated carbocycles. The molecule has 0 spiro atoms. The Balaban J connectivity index is 2.49. The predicted octanol–water partition coefficient (Wildman–Crippen LogP) is 1.87. The lowest BCUT2D eigenvalue weighted by Crippen LogP contribution is -2.02. The number of rotatable bonds is 3. The summed E-state index contributed by atoms with van der Waals surface area (Å²) >= 11 is 4.62. The zero-order valence-electron chi connectivity index (χ0n) is 6.44. The number of hydrogen-bond acceptors (Lipinski definition) is 2. The van der Waals surface area contributed by atoms with Crippen LogP contribution in [-0.4, -0.2) is 4.99 Å². The number of benzene rings is 1. The number of ether oxygens (including phenoxy) is 1. The van der Waals surface area contributed by atoms with Gasteiger partial charge in [-0.15, -0.1) is 0 Å². The minimum atomic E-state index is 0.311. The topological polar surface area (TPSA) is 35.2 Å². The van der Waals surface area contributed by atoms with Gasteiger partial charge in [-0.25, -0.2) is 0 Å². The van der Waals surface area contributed by atoms with Crippen molar-refractivity contribution in [2.75, 3.05) is 0 Å². The van der Waals surface area contributed by atoms with Gasteiger partial charge >= 0.3 is 0 Å². The van der Waals surface area contributed by atoms with Crippen LogP contribution in [0.25, 0.3) is 0 Å². The van der Waals surface area contributed by atoms with Crippen molar-refractivity contribution < 1.29 is 4.74 Å². The Morgan fingerprint density at radius 3 is 2.58 bits per heavy atom. The highest BCUT2D eigenvalue weighted by atomic mass is 32.1. The maximum atomic E-state index is 5.22. The Kier molecular flexibility index (Phi) is 3.29. The fraction of sp³-hybridized carbons (Fsp3) is 0. The first-order valence-electron chi connectivity index (χ1n) is 3.47. The van der Waals surface area contributed by atoms with E-state index in [2.05, 4.69) is 12.2 Å². The van der Waals surface area contributed by atoms with Gasteiger partial charge in [0, 0.05) is 6.08 Å². The van der Waals surface area contributed by atoms with Gasteiger partial charge in [-0.3, -0.25) is 0 Å². The van der Waals surface area contributed by atoms with Gasteiger partial charge in [0.1, 0.15) is 5.75 Å². The minimum absolute atomic E-state index is 0.311. The first-order valence-corrected chi connectivity index (χ1v) is 3.87. The fourth-order valence-electron chi connectivity index (χ4n) is 0.679. The Labute approximate surface area is 76.6 Å². The van der Waals surface area contributed by atoms with Gasteiger partial charge in [-0.05, 0) is 12.1 Å². The molecular formula is C9H9NOS. The second kappa shape index (κ2) is 4.51. The molecule has 0 heterocycles. The van der Waals surface area contributed by atoms with E-state index in [4.69, 9.17) is 10.5 Å². The van der Waals surface area contributed by atoms with Crippen LogP contribution >= 0.6 is 12.2 Å². The van der Waals surface area contributed by atoms with Crippen molar-refractivity contribution in [2.45, 2.75) is 0 Å². The maximum Gasteiger partial charge on any atom is 0.126 e. The van der Waals surface area contributed by atoms with Gasteiger partial charge in [0.15, 0.2) is 0 Å². The fourth-order valence-corrected chi connectivity index (χ4v) is 0.734. The summed E-state index contributed by atoms with van der Waals surface area (Å²) in [5.74, 6) is 0.769. The van der Waals surface area contributed by atoms with Crippen LogP contribution in [0.3, 0.4) is 0 Å². The molecule has 0 saturated heterocycles. The summed E-state index contributed by atoms with van der Waals surface area (Å²) in [6.07, 6.45) is 3.00. The van der Waals surface area contributed by atoms with Crippen LogP contribution in [0.1, 0.15) is 0 Å². The molecule has 0 aliphatic heterocycles. The molecule has 62 valence electrons. The molecule has 2 N–H and O–H groups in total. The summed E-state index contributed by atoms with van der Waals surface area (Å²) in [5.41, 5.74) is 5.22. The van der Waals surface area contributed by atoms with Crippen LogP contribution < -0.4 is 10.5 Å². The quantitative estimate of drug-likeness (QED) is 0.437. The molecule has 0 amide bonds. The van der Waals surface area contributed by atoms with Gasteiger partial charge < -0.3 is 10.5 Å². The second-order valence-electron chi connectivity index (χ2n) is 2.14. The Hall–Kier alpha value is -1.35. The van der Waals surface area contributed by atoms with E-state index in [-0.39, 0.29) is 0 Å². The summed E-state index contributed by atoms with van der Waals surface area (Å²) in [4.78, 5) is 0.311. The molecule has 0 atom stereocenters. The van der Waals surface area contributed by atoms with Crippen LogP contribution in [0.2, 0.25) is 0 Å². The molecule has 0 unspecified atom stereocenters. The third-order valence-electron chi connectivity index (χ3n) is 1.18. The summed E-state index contributed by atoms with van der Waals surface area (Å²) in [7, 11) is 0. The summed E-state index contributed by atoms with van der Waals surface area (Å²) < 4.78 is 5.17. The smallest absolute Gasteiger partial charge is 0.126 e. The van der Waals surface area contributed by atoms with E-state index in [1.54, 1.807) is 0 Å². The Bertz CT molecular complexity index is 282. The van der Waals surface area contributed by atoms with Crippen molar-refractivity contribution in [1.29, 1.82) is 0 Å². The average Bonchev–Trinajstić information content (AvgIpc) is 2.05. The molecule has 0 aromatic heterocycles. The third kappa shape index (κ3) is 3.16. The monoisotopic (exact) mass is 179 g/mol. The predicted molar refractivity (Wildman–Crippen MR) is 53.0 cm³/mol. The normalized spacial score (nSPS) is 10.0. The molecule has 0 aliphatic rings. The van der Waals surface area contributed by atoms with Gasteiger partial charge in [-0.2, -0.15) is 0 Å². The van der Waals surface area contributed by atoms with Crippen LogP contribution in [0.15, 0.2) is 42.7 Å². The zero-order valence-corrected chi connectivity index (χ0v) is 7.25. The van der Waals surface area contributed by atoms with Gasteiger partial charge in [0.2, 0.25) is 0 Å². The van der Waals surface area contributed by atoms with E-state index in [1.165, 1.54) is 12.3 Å². The highest BCUT2D eigenvalue weighted by Crippen LogP contribution is 2.07. The standard InChI is InChI=1S/C9H9NOS/c10-9(12)6-7-11-8-4-2-1-3-5-8/h1-7H,(H2,10,12). The highest BCUT2D eigenvalue weighted by molar-refractivity contribution is 7.80. The van der Waals surface area contributed by atoms with Gasteiger partial charge in [0.25, 0.3) is 0 Å². The molecule has 12 heavy (non-hydrogen) atoms. The maximum absolute atomic E-state index is 5.22. The second-order valence-corrected chi connectivity index (χ2v) is 2.61. The van der Waals surface area contributed by atoms with Crippen molar-refractivity contribution in [3.05, 3.63) is 42.7 Å². The lowest BCUT2D eigenvalue weighted by Gasteiger charge is -1.96. The van der Waals surface area contributed by atoms with Crippen molar-refractivity contribution >= 4 is 17.2 Å². The Morgan fingerprint density at radius 2 is 2.00 bits per heavy atom. The Morgan fingerprint density at radius 1 is 1.33 bits per heavy atom. The third-order valence-corrected chi connectivity index (χ3v) is 1.32. The molecule has 0 bridgehead atoms. The molecule has 0 fully saturated rings. The molecular weight excluding hydrogens is 170 g/mol. The molecule has 0 radical (unpaired) electrons. The zero-order chi connectivity index (χ0) is 8.81. The molecule has 2 nitrogen and oxygen atoms in total. The van der Waals surface area contributed by atoms with Crippen molar-refractivity contribution in [3.8, 4) is 5.75 Å². The van der Waals surface area contributed by atoms with E-state index >= 15 is 0 Å². The number of nitrogens with two attached hydrogens (primary N) is 1. The van der Waals surface area contributed by atoms with E-state index in [9.17, 15) is 0 Å². The van der Waals surface area contributed by atoms with Crippen LogP contribution in [-0.2, 0) is 0 Å². The summed E-state index contributed by atoms with van der Waals surface area (Å²) in [5, 5.41) is 0.